The highest BCUT2D eigenvalue weighted by molar-refractivity contribution is 7.99. The van der Waals surface area contributed by atoms with Gasteiger partial charge in [0.25, 0.3) is 0 Å². The second-order valence-corrected chi connectivity index (χ2v) is 6.30. The summed E-state index contributed by atoms with van der Waals surface area (Å²) in [4.78, 5) is 2.31. The molecule has 1 atom stereocenters. The smallest absolute Gasteiger partial charge is 0.0548 e. The van der Waals surface area contributed by atoms with Gasteiger partial charge in [-0.2, -0.15) is 0 Å². The van der Waals surface area contributed by atoms with Crippen LogP contribution in [0.4, 0.5) is 0 Å². The van der Waals surface area contributed by atoms with E-state index in [1.54, 1.807) is 11.8 Å². The van der Waals surface area contributed by atoms with E-state index >= 15 is 0 Å². The van der Waals surface area contributed by atoms with Crippen LogP contribution < -0.4 is 5.32 Å². The molecule has 1 nitrogen and oxygen atoms in total. The van der Waals surface area contributed by atoms with Crippen LogP contribution in [0.15, 0.2) is 58.3 Å². The molecule has 2 aromatic rings. The summed E-state index contributed by atoms with van der Waals surface area (Å²) in [7, 11) is 0. The van der Waals surface area contributed by atoms with Gasteiger partial charge in [-0.15, -0.1) is 0 Å². The van der Waals surface area contributed by atoms with Gasteiger partial charge in [-0.1, -0.05) is 54.6 Å². The molecule has 0 radical (unpaired) electrons. The summed E-state index contributed by atoms with van der Waals surface area (Å²) in [6.07, 6.45) is 1.14. The van der Waals surface area contributed by atoms with E-state index in [9.17, 15) is 0 Å². The predicted octanol–water partition coefficient (Wildman–Crippen LogP) is 5.55. The van der Waals surface area contributed by atoms with Gasteiger partial charge in [0.2, 0.25) is 0 Å². The van der Waals surface area contributed by atoms with Crippen molar-refractivity contribution >= 4 is 23.4 Å². The molecule has 0 heterocycles. The summed E-state index contributed by atoms with van der Waals surface area (Å²) in [5.74, 6) is 0. The molecule has 0 bridgehead atoms. The maximum absolute atomic E-state index is 6.41. The van der Waals surface area contributed by atoms with Gasteiger partial charge < -0.3 is 5.32 Å². The van der Waals surface area contributed by atoms with Crippen molar-refractivity contribution in [1.82, 2.24) is 5.32 Å². The van der Waals surface area contributed by atoms with Crippen LogP contribution in [0, 0.1) is 0 Å². The minimum Gasteiger partial charge on any atom is -0.310 e. The summed E-state index contributed by atoms with van der Waals surface area (Å²) < 4.78 is 0. The number of benzene rings is 2. The summed E-state index contributed by atoms with van der Waals surface area (Å²) in [6, 6.07) is 17.0. The van der Waals surface area contributed by atoms with Crippen molar-refractivity contribution in [3.63, 3.8) is 0 Å². The highest BCUT2D eigenvalue weighted by Gasteiger charge is 2.08. The summed E-state index contributed by atoms with van der Waals surface area (Å²) in [5, 5.41) is 4.30. The van der Waals surface area contributed by atoms with Gasteiger partial charge in [-0.3, -0.25) is 0 Å². The lowest BCUT2D eigenvalue weighted by atomic mass is 10.1. The Bertz CT molecular complexity index is 542. The molecule has 0 aliphatic rings. The lowest BCUT2D eigenvalue weighted by molar-refractivity contribution is 0.570. The van der Waals surface area contributed by atoms with Crippen LogP contribution in [0.2, 0.25) is 5.02 Å². The molecule has 0 fully saturated rings. The Hall–Kier alpha value is -0.960. The molecule has 0 aromatic heterocycles. The van der Waals surface area contributed by atoms with Gasteiger partial charge >= 0.3 is 0 Å². The first kappa shape index (κ1) is 15.4. The van der Waals surface area contributed by atoms with Crippen LogP contribution in [-0.2, 0) is 0 Å². The zero-order valence-electron chi connectivity index (χ0n) is 11.9. The topological polar surface area (TPSA) is 12.0 Å². The van der Waals surface area contributed by atoms with Crippen molar-refractivity contribution in [2.24, 2.45) is 0 Å². The minimum absolute atomic E-state index is 0.336. The molecule has 0 amide bonds. The normalized spacial score (nSPS) is 12.3. The highest BCUT2D eigenvalue weighted by Crippen LogP contribution is 2.34. The third-order valence-corrected chi connectivity index (χ3v) is 4.64. The Morgan fingerprint density at radius 1 is 1.15 bits per heavy atom. The van der Waals surface area contributed by atoms with Gasteiger partial charge in [0.05, 0.1) is 5.02 Å². The first-order chi connectivity index (χ1) is 9.70. The molecule has 3 heteroatoms. The van der Waals surface area contributed by atoms with Crippen LogP contribution in [0.25, 0.3) is 0 Å². The maximum atomic E-state index is 6.41. The van der Waals surface area contributed by atoms with Crippen LogP contribution in [0.3, 0.4) is 0 Å². The average Bonchev–Trinajstić information content (AvgIpc) is 2.48. The van der Waals surface area contributed by atoms with Crippen molar-refractivity contribution in [3.8, 4) is 0 Å². The average molecular weight is 306 g/mol. The van der Waals surface area contributed by atoms with E-state index in [0.717, 1.165) is 22.9 Å². The molecule has 1 unspecified atom stereocenters. The fourth-order valence-corrected chi connectivity index (χ4v) is 3.11. The molecular weight excluding hydrogens is 286 g/mol. The fourth-order valence-electron chi connectivity index (χ4n) is 1.96. The van der Waals surface area contributed by atoms with Crippen LogP contribution >= 0.6 is 23.4 Å². The molecule has 2 aromatic carbocycles. The molecule has 0 spiro atoms. The fraction of sp³-hybridized carbons (Fsp3) is 0.294. The zero-order chi connectivity index (χ0) is 14.4. The van der Waals surface area contributed by atoms with E-state index in [-0.39, 0.29) is 0 Å². The SMILES string of the molecule is CCCNC(C)c1ccc(Sc2ccccc2)c(Cl)c1. The van der Waals surface area contributed by atoms with E-state index in [1.165, 1.54) is 10.5 Å². The monoisotopic (exact) mass is 305 g/mol. The van der Waals surface area contributed by atoms with Crippen LogP contribution in [0.5, 0.6) is 0 Å². The molecule has 2 rings (SSSR count). The molecule has 106 valence electrons. The molecule has 0 aliphatic heterocycles. The minimum atomic E-state index is 0.336. The highest BCUT2D eigenvalue weighted by atomic mass is 35.5. The maximum Gasteiger partial charge on any atom is 0.0548 e. The summed E-state index contributed by atoms with van der Waals surface area (Å²) >= 11 is 8.11. The van der Waals surface area contributed by atoms with E-state index < -0.39 is 0 Å². The van der Waals surface area contributed by atoms with Crippen LogP contribution in [0.1, 0.15) is 31.9 Å². The number of nitrogens with one attached hydrogen (secondary N) is 1. The number of hydrogen-bond acceptors (Lipinski definition) is 2. The predicted molar refractivity (Wildman–Crippen MR) is 88.7 cm³/mol. The van der Waals surface area contributed by atoms with Gasteiger partial charge in [-0.05, 0) is 49.7 Å². The van der Waals surface area contributed by atoms with Crippen molar-refractivity contribution in [2.75, 3.05) is 6.54 Å². The van der Waals surface area contributed by atoms with Gasteiger partial charge in [0.15, 0.2) is 0 Å². The molecule has 1 N–H and O–H groups in total. The van der Waals surface area contributed by atoms with Crippen molar-refractivity contribution < 1.29 is 0 Å². The van der Waals surface area contributed by atoms with Crippen LogP contribution in [-0.4, -0.2) is 6.54 Å². The standard InChI is InChI=1S/C17H20ClNS/c1-3-11-19-13(2)14-9-10-17(16(18)12-14)20-15-7-5-4-6-8-15/h4-10,12-13,19H,3,11H2,1-2H3. The molecule has 0 saturated heterocycles. The number of rotatable bonds is 6. The Labute approximate surface area is 130 Å². The van der Waals surface area contributed by atoms with E-state index in [2.05, 4.69) is 49.5 Å². The summed E-state index contributed by atoms with van der Waals surface area (Å²) in [6.45, 7) is 5.37. The lowest BCUT2D eigenvalue weighted by Crippen LogP contribution is -2.19. The number of hydrogen-bond donors (Lipinski definition) is 1. The zero-order valence-corrected chi connectivity index (χ0v) is 13.5. The third-order valence-electron chi connectivity index (χ3n) is 3.13. The second-order valence-electron chi connectivity index (χ2n) is 4.78. The van der Waals surface area contributed by atoms with E-state index in [1.807, 2.05) is 18.2 Å². The van der Waals surface area contributed by atoms with Crippen molar-refractivity contribution in [1.29, 1.82) is 0 Å². The largest absolute Gasteiger partial charge is 0.310 e. The van der Waals surface area contributed by atoms with Crippen molar-refractivity contribution in [2.45, 2.75) is 36.1 Å². The molecular formula is C17H20ClNS. The number of halogens is 1. The van der Waals surface area contributed by atoms with Crippen molar-refractivity contribution in [3.05, 3.63) is 59.1 Å². The first-order valence-corrected chi connectivity index (χ1v) is 8.16. The third kappa shape index (κ3) is 4.27. The van der Waals surface area contributed by atoms with Gasteiger partial charge in [0.1, 0.15) is 0 Å². The van der Waals surface area contributed by atoms with E-state index in [4.69, 9.17) is 11.6 Å². The second kappa shape index (κ2) is 7.72. The Kier molecular flexibility index (Phi) is 5.96. The summed E-state index contributed by atoms with van der Waals surface area (Å²) in [5.41, 5.74) is 1.24. The quantitative estimate of drug-likeness (QED) is 0.750. The molecule has 0 saturated carbocycles. The first-order valence-electron chi connectivity index (χ1n) is 6.96. The lowest BCUT2D eigenvalue weighted by Gasteiger charge is -2.15. The Morgan fingerprint density at radius 2 is 1.90 bits per heavy atom. The Balaban J connectivity index is 2.10. The molecule has 0 aliphatic carbocycles. The molecule has 20 heavy (non-hydrogen) atoms. The van der Waals surface area contributed by atoms with Gasteiger partial charge in [0, 0.05) is 15.8 Å². The van der Waals surface area contributed by atoms with E-state index in [0.29, 0.717) is 6.04 Å². The Morgan fingerprint density at radius 3 is 2.55 bits per heavy atom. The van der Waals surface area contributed by atoms with Gasteiger partial charge in [-0.25, -0.2) is 0 Å².